The first-order chi connectivity index (χ1) is 9.86. The van der Waals surface area contributed by atoms with Gasteiger partial charge in [0.25, 0.3) is 0 Å². The summed E-state index contributed by atoms with van der Waals surface area (Å²) < 4.78 is 5.31. The number of piperazine rings is 1. The molecule has 120 valence electrons. The molecule has 8 nitrogen and oxygen atoms in total. The van der Waals surface area contributed by atoms with Gasteiger partial charge >= 0.3 is 12.0 Å². The lowest BCUT2D eigenvalue weighted by Gasteiger charge is -2.34. The van der Waals surface area contributed by atoms with E-state index in [0.717, 1.165) is 4.90 Å². The Bertz CT molecular complexity index is 399. The van der Waals surface area contributed by atoms with Crippen LogP contribution in [0.3, 0.4) is 0 Å². The molecule has 1 fully saturated rings. The van der Waals surface area contributed by atoms with E-state index in [2.05, 4.69) is 10.6 Å². The Balaban J connectivity index is 2.73. The standard InChI is InChI=1S/C13H23N3O5/c1-4-21-7-9(8(2)3)15-13(20)16-6-11(17)14-5-10(16)12(18)19/h8-10H,4-7H2,1-3H3,(H,14,17)(H,15,20)(H,18,19). The fourth-order valence-corrected chi connectivity index (χ4v) is 1.96. The summed E-state index contributed by atoms with van der Waals surface area (Å²) in [6.45, 7) is 6.25. The minimum Gasteiger partial charge on any atom is -0.480 e. The van der Waals surface area contributed by atoms with Crippen LogP contribution in [0, 0.1) is 5.92 Å². The second-order valence-electron chi connectivity index (χ2n) is 5.25. The van der Waals surface area contributed by atoms with Gasteiger partial charge in [0.05, 0.1) is 12.6 Å². The minimum atomic E-state index is -1.14. The van der Waals surface area contributed by atoms with Gasteiger partial charge in [-0.1, -0.05) is 13.8 Å². The van der Waals surface area contributed by atoms with Gasteiger partial charge in [-0.3, -0.25) is 9.69 Å². The summed E-state index contributed by atoms with van der Waals surface area (Å²) in [4.78, 5) is 35.9. The predicted molar refractivity (Wildman–Crippen MR) is 74.8 cm³/mol. The summed E-state index contributed by atoms with van der Waals surface area (Å²) in [7, 11) is 0. The summed E-state index contributed by atoms with van der Waals surface area (Å²) in [5.41, 5.74) is 0. The van der Waals surface area contributed by atoms with E-state index in [1.165, 1.54) is 0 Å². The Hall–Kier alpha value is -1.83. The van der Waals surface area contributed by atoms with Gasteiger partial charge in [0, 0.05) is 13.2 Å². The Labute approximate surface area is 123 Å². The number of carboxylic acids is 1. The molecular formula is C13H23N3O5. The molecule has 0 aliphatic carbocycles. The highest BCUT2D eigenvalue weighted by Gasteiger charge is 2.36. The number of urea groups is 1. The molecule has 0 aromatic rings. The van der Waals surface area contributed by atoms with Crippen molar-refractivity contribution in [2.24, 2.45) is 5.92 Å². The van der Waals surface area contributed by atoms with Crippen LogP contribution in [0.15, 0.2) is 0 Å². The van der Waals surface area contributed by atoms with Gasteiger partial charge in [-0.05, 0) is 12.8 Å². The van der Waals surface area contributed by atoms with Crippen molar-refractivity contribution in [2.45, 2.75) is 32.9 Å². The number of ether oxygens (including phenoxy) is 1. The van der Waals surface area contributed by atoms with Crippen molar-refractivity contribution < 1.29 is 24.2 Å². The average molecular weight is 301 g/mol. The Morgan fingerprint density at radius 1 is 1.52 bits per heavy atom. The van der Waals surface area contributed by atoms with E-state index in [4.69, 9.17) is 9.84 Å². The first-order valence-electron chi connectivity index (χ1n) is 7.01. The van der Waals surface area contributed by atoms with E-state index < -0.39 is 18.0 Å². The van der Waals surface area contributed by atoms with Crippen LogP contribution in [0.2, 0.25) is 0 Å². The molecule has 1 saturated heterocycles. The molecule has 0 bridgehead atoms. The van der Waals surface area contributed by atoms with Crippen molar-refractivity contribution in [1.82, 2.24) is 15.5 Å². The third-order valence-electron chi connectivity index (χ3n) is 3.34. The van der Waals surface area contributed by atoms with Crippen molar-refractivity contribution in [3.05, 3.63) is 0 Å². The normalized spacial score (nSPS) is 20.1. The second-order valence-corrected chi connectivity index (χ2v) is 5.25. The Morgan fingerprint density at radius 3 is 2.71 bits per heavy atom. The van der Waals surface area contributed by atoms with Crippen molar-refractivity contribution in [2.75, 3.05) is 26.3 Å². The van der Waals surface area contributed by atoms with Crippen LogP contribution < -0.4 is 10.6 Å². The number of nitrogens with one attached hydrogen (secondary N) is 2. The summed E-state index contributed by atoms with van der Waals surface area (Å²) in [6.07, 6.45) is 0. The molecule has 0 radical (unpaired) electrons. The number of hydrogen-bond donors (Lipinski definition) is 3. The fraction of sp³-hybridized carbons (Fsp3) is 0.769. The van der Waals surface area contributed by atoms with Gasteiger partial charge < -0.3 is 20.5 Å². The number of carboxylic acid groups (broad SMARTS) is 1. The SMILES string of the molecule is CCOCC(NC(=O)N1CC(=O)NCC1C(=O)O)C(C)C. The highest BCUT2D eigenvalue weighted by Crippen LogP contribution is 2.08. The third-order valence-corrected chi connectivity index (χ3v) is 3.34. The van der Waals surface area contributed by atoms with Crippen LogP contribution in [0.4, 0.5) is 4.79 Å². The number of rotatable bonds is 6. The molecule has 1 aliphatic rings. The summed E-state index contributed by atoms with van der Waals surface area (Å²) in [5, 5.41) is 14.3. The Morgan fingerprint density at radius 2 is 2.19 bits per heavy atom. The van der Waals surface area contributed by atoms with E-state index >= 15 is 0 Å². The number of hydrogen-bond acceptors (Lipinski definition) is 4. The minimum absolute atomic E-state index is 0.0839. The van der Waals surface area contributed by atoms with Crippen LogP contribution in [0.1, 0.15) is 20.8 Å². The molecule has 0 spiro atoms. The molecule has 21 heavy (non-hydrogen) atoms. The number of carbonyl (C=O) groups excluding carboxylic acids is 2. The summed E-state index contributed by atoms with van der Waals surface area (Å²) in [6, 6.07) is -1.85. The lowest BCUT2D eigenvalue weighted by Crippen LogP contribution is -2.62. The zero-order chi connectivity index (χ0) is 16.0. The van der Waals surface area contributed by atoms with E-state index in [0.29, 0.717) is 13.2 Å². The maximum atomic E-state index is 12.3. The fourth-order valence-electron chi connectivity index (χ4n) is 1.96. The smallest absolute Gasteiger partial charge is 0.328 e. The van der Waals surface area contributed by atoms with Crippen molar-refractivity contribution in [3.8, 4) is 0 Å². The van der Waals surface area contributed by atoms with Gasteiger partial charge in [-0.2, -0.15) is 0 Å². The molecule has 1 aliphatic heterocycles. The molecule has 1 heterocycles. The summed E-state index contributed by atoms with van der Waals surface area (Å²) >= 11 is 0. The van der Waals surface area contributed by atoms with Crippen molar-refractivity contribution in [1.29, 1.82) is 0 Å². The molecule has 3 amide bonds. The first-order valence-corrected chi connectivity index (χ1v) is 7.01. The van der Waals surface area contributed by atoms with Crippen LogP contribution in [0.5, 0.6) is 0 Å². The molecule has 0 aromatic carbocycles. The van der Waals surface area contributed by atoms with E-state index in [-0.39, 0.29) is 31.0 Å². The van der Waals surface area contributed by atoms with Gasteiger partial charge in [0.1, 0.15) is 12.6 Å². The van der Waals surface area contributed by atoms with Crippen molar-refractivity contribution >= 4 is 17.9 Å². The largest absolute Gasteiger partial charge is 0.480 e. The molecule has 0 saturated carbocycles. The average Bonchev–Trinajstić information content (AvgIpc) is 2.42. The maximum absolute atomic E-state index is 12.3. The first kappa shape index (κ1) is 17.2. The number of carbonyl (C=O) groups is 3. The maximum Gasteiger partial charge on any atom is 0.328 e. The zero-order valence-electron chi connectivity index (χ0n) is 12.6. The highest BCUT2D eigenvalue weighted by molar-refractivity contribution is 5.90. The molecule has 1 rings (SSSR count). The molecule has 2 unspecified atom stereocenters. The van der Waals surface area contributed by atoms with E-state index in [1.54, 1.807) is 0 Å². The van der Waals surface area contributed by atoms with Crippen LogP contribution in [-0.4, -0.2) is 66.3 Å². The molecule has 0 aromatic heterocycles. The zero-order valence-corrected chi connectivity index (χ0v) is 12.6. The van der Waals surface area contributed by atoms with Gasteiger partial charge in [0.15, 0.2) is 0 Å². The Kier molecular flexibility index (Phi) is 6.41. The number of nitrogens with zero attached hydrogens (tertiary/aromatic N) is 1. The topological polar surface area (TPSA) is 108 Å². The highest BCUT2D eigenvalue weighted by atomic mass is 16.5. The van der Waals surface area contributed by atoms with Crippen molar-refractivity contribution in [3.63, 3.8) is 0 Å². The molecule has 8 heteroatoms. The number of aliphatic carboxylic acids is 1. The van der Waals surface area contributed by atoms with Crippen LogP contribution >= 0.6 is 0 Å². The quantitative estimate of drug-likeness (QED) is 0.621. The lowest BCUT2D eigenvalue weighted by molar-refractivity contribution is -0.144. The van der Waals surface area contributed by atoms with Gasteiger partial charge in [-0.25, -0.2) is 9.59 Å². The number of amides is 3. The molecule has 3 N–H and O–H groups in total. The van der Waals surface area contributed by atoms with Crippen LogP contribution in [-0.2, 0) is 14.3 Å². The monoisotopic (exact) mass is 301 g/mol. The third kappa shape index (κ3) is 4.89. The lowest BCUT2D eigenvalue weighted by atomic mass is 10.1. The van der Waals surface area contributed by atoms with Crippen LogP contribution in [0.25, 0.3) is 0 Å². The predicted octanol–water partition coefficient (Wildman–Crippen LogP) is -0.358. The molecular weight excluding hydrogens is 278 g/mol. The second kappa shape index (κ2) is 7.82. The van der Waals surface area contributed by atoms with Gasteiger partial charge in [-0.15, -0.1) is 0 Å². The molecule has 2 atom stereocenters. The van der Waals surface area contributed by atoms with E-state index in [9.17, 15) is 14.4 Å². The summed E-state index contributed by atoms with van der Waals surface area (Å²) in [5.74, 6) is -1.38. The van der Waals surface area contributed by atoms with E-state index in [1.807, 2.05) is 20.8 Å². The van der Waals surface area contributed by atoms with Gasteiger partial charge in [0.2, 0.25) is 5.91 Å².